The molecule has 0 unspecified atom stereocenters. The summed E-state index contributed by atoms with van der Waals surface area (Å²) in [6, 6.07) is 9.19. The van der Waals surface area contributed by atoms with Gasteiger partial charge in [0.15, 0.2) is 11.2 Å². The summed E-state index contributed by atoms with van der Waals surface area (Å²) in [6.07, 6.45) is 5.75. The number of carbonyl (C=O) groups excluding carboxylic acids is 1. The molecule has 10 heteroatoms. The molecule has 0 spiro atoms. The molecule has 38 heavy (non-hydrogen) atoms. The molecule has 0 radical (unpaired) electrons. The first-order valence-electron chi connectivity index (χ1n) is 12.7. The highest BCUT2D eigenvalue weighted by atomic mass is 35.5. The van der Waals surface area contributed by atoms with E-state index in [2.05, 4.69) is 21.9 Å². The van der Waals surface area contributed by atoms with Gasteiger partial charge in [-0.3, -0.25) is 9.78 Å². The molecule has 0 bridgehead atoms. The van der Waals surface area contributed by atoms with Gasteiger partial charge in [0.2, 0.25) is 5.88 Å². The maximum Gasteiger partial charge on any atom is 0.254 e. The van der Waals surface area contributed by atoms with Crippen LogP contribution < -0.4 is 4.74 Å². The minimum absolute atomic E-state index is 0.159. The number of carbonyl (C=O) groups is 1. The van der Waals surface area contributed by atoms with Gasteiger partial charge in [-0.15, -0.1) is 0 Å². The van der Waals surface area contributed by atoms with Crippen LogP contribution in [0.5, 0.6) is 5.88 Å². The van der Waals surface area contributed by atoms with E-state index in [9.17, 15) is 9.90 Å². The Morgan fingerprint density at radius 2 is 1.95 bits per heavy atom. The number of pyridine rings is 1. The number of halogens is 1. The van der Waals surface area contributed by atoms with Crippen molar-refractivity contribution in [1.29, 1.82) is 0 Å². The Balaban J connectivity index is 1.42. The van der Waals surface area contributed by atoms with E-state index in [1.807, 2.05) is 23.6 Å². The molecule has 1 aliphatic heterocycles. The van der Waals surface area contributed by atoms with E-state index in [0.717, 1.165) is 24.1 Å². The van der Waals surface area contributed by atoms with Crippen LogP contribution in [0.3, 0.4) is 0 Å². The standard InChI is InChI=1S/C28H29ClN6O3/c1-17-6-10-30-19(12-17)14-35-23(33-22-24(35)31-16-32-25(22)38-28(3)7-8-28)20-5-4-18(13-21(20)29)26(36)34-11-9-27(2,37)15-34/h4-6,10,12-13,16,37H,7-9,11,14-15H2,1-3H3/t27-/m1/s1. The summed E-state index contributed by atoms with van der Waals surface area (Å²) in [5, 5.41) is 10.7. The van der Waals surface area contributed by atoms with Crippen LogP contribution in [0.1, 0.15) is 54.7 Å². The van der Waals surface area contributed by atoms with Gasteiger partial charge in [0.25, 0.3) is 5.91 Å². The minimum Gasteiger partial charge on any atom is -0.470 e. The number of amides is 1. The zero-order chi connectivity index (χ0) is 26.7. The number of nitrogens with zero attached hydrogens (tertiary/aromatic N) is 6. The number of aromatic nitrogens is 5. The van der Waals surface area contributed by atoms with E-state index in [-0.39, 0.29) is 11.5 Å². The van der Waals surface area contributed by atoms with Gasteiger partial charge in [0, 0.05) is 30.4 Å². The summed E-state index contributed by atoms with van der Waals surface area (Å²) < 4.78 is 8.17. The summed E-state index contributed by atoms with van der Waals surface area (Å²) in [4.78, 5) is 33.1. The molecule has 6 rings (SSSR count). The first-order chi connectivity index (χ1) is 18.1. The molecule has 1 aromatic carbocycles. The number of likely N-dealkylation sites (tertiary alicyclic amines) is 1. The van der Waals surface area contributed by atoms with Crippen LogP contribution in [0.25, 0.3) is 22.6 Å². The average molecular weight is 533 g/mol. The van der Waals surface area contributed by atoms with Gasteiger partial charge in [0.1, 0.15) is 17.8 Å². The lowest BCUT2D eigenvalue weighted by Gasteiger charge is -2.19. The number of hydrogen-bond acceptors (Lipinski definition) is 7. The summed E-state index contributed by atoms with van der Waals surface area (Å²) in [5.41, 5.74) is 3.14. The molecule has 9 nitrogen and oxygen atoms in total. The fourth-order valence-electron chi connectivity index (χ4n) is 4.84. The zero-order valence-corrected chi connectivity index (χ0v) is 22.4. The number of aliphatic hydroxyl groups is 1. The fourth-order valence-corrected chi connectivity index (χ4v) is 5.10. The van der Waals surface area contributed by atoms with E-state index < -0.39 is 5.60 Å². The number of ether oxygens (including phenoxy) is 1. The Labute approximate surface area is 225 Å². The van der Waals surface area contributed by atoms with Crippen molar-refractivity contribution >= 4 is 28.7 Å². The molecule has 1 amide bonds. The van der Waals surface area contributed by atoms with Crippen LogP contribution in [0, 0.1) is 6.92 Å². The molecule has 1 saturated carbocycles. The van der Waals surface area contributed by atoms with Crippen molar-refractivity contribution in [3.05, 3.63) is 64.7 Å². The number of hydrogen-bond donors (Lipinski definition) is 1. The molecule has 1 N–H and O–H groups in total. The molecule has 1 aliphatic carbocycles. The van der Waals surface area contributed by atoms with Gasteiger partial charge >= 0.3 is 0 Å². The highest BCUT2D eigenvalue weighted by molar-refractivity contribution is 6.33. The Kier molecular flexibility index (Phi) is 5.88. The van der Waals surface area contributed by atoms with Crippen LogP contribution in [0.4, 0.5) is 0 Å². The van der Waals surface area contributed by atoms with Crippen molar-refractivity contribution in [3.63, 3.8) is 0 Å². The first-order valence-corrected chi connectivity index (χ1v) is 13.1. The Bertz CT molecular complexity index is 1560. The lowest BCUT2D eigenvalue weighted by molar-refractivity contribution is 0.0572. The molecule has 4 aromatic rings. The summed E-state index contributed by atoms with van der Waals surface area (Å²) in [5.74, 6) is 0.867. The predicted octanol–water partition coefficient (Wildman–Crippen LogP) is 4.43. The van der Waals surface area contributed by atoms with Gasteiger partial charge in [-0.2, -0.15) is 4.98 Å². The molecular weight excluding hydrogens is 504 g/mol. The molecule has 1 saturated heterocycles. The van der Waals surface area contributed by atoms with Crippen molar-refractivity contribution in [2.24, 2.45) is 0 Å². The van der Waals surface area contributed by atoms with E-state index >= 15 is 0 Å². The van der Waals surface area contributed by atoms with Crippen molar-refractivity contribution in [1.82, 2.24) is 29.4 Å². The molecule has 196 valence electrons. The number of aryl methyl sites for hydroxylation is 1. The number of benzene rings is 1. The number of β-amino-alcohol motifs (C(OH)–C–C–N with tert-alkyl or cyclic N) is 1. The third kappa shape index (κ3) is 4.72. The third-order valence-electron chi connectivity index (χ3n) is 7.28. The normalized spacial score (nSPS) is 20.2. The van der Waals surface area contributed by atoms with Crippen LogP contribution in [-0.4, -0.2) is 64.7 Å². The molecular formula is C28H29ClN6O3. The van der Waals surface area contributed by atoms with E-state index in [0.29, 0.717) is 65.1 Å². The van der Waals surface area contributed by atoms with Crippen LogP contribution in [0.2, 0.25) is 5.02 Å². The lowest BCUT2D eigenvalue weighted by Crippen LogP contribution is -2.33. The molecule has 1 atom stereocenters. The topological polar surface area (TPSA) is 106 Å². The lowest BCUT2D eigenvalue weighted by atomic mass is 10.1. The van der Waals surface area contributed by atoms with Crippen molar-refractivity contribution in [2.45, 2.75) is 57.8 Å². The quantitative estimate of drug-likeness (QED) is 0.391. The number of fused-ring (bicyclic) bond motifs is 1. The Hall–Kier alpha value is -3.56. The monoisotopic (exact) mass is 532 g/mol. The summed E-state index contributed by atoms with van der Waals surface area (Å²) >= 11 is 6.80. The largest absolute Gasteiger partial charge is 0.470 e. The summed E-state index contributed by atoms with van der Waals surface area (Å²) in [7, 11) is 0. The number of imidazole rings is 1. The van der Waals surface area contributed by atoms with Gasteiger partial charge < -0.3 is 19.3 Å². The maximum atomic E-state index is 13.1. The van der Waals surface area contributed by atoms with Gasteiger partial charge in [-0.25, -0.2) is 9.97 Å². The smallest absolute Gasteiger partial charge is 0.254 e. The summed E-state index contributed by atoms with van der Waals surface area (Å²) in [6.45, 7) is 7.04. The second kappa shape index (κ2) is 9.03. The number of rotatable bonds is 6. The van der Waals surface area contributed by atoms with Gasteiger partial charge in [-0.1, -0.05) is 11.6 Å². The Morgan fingerprint density at radius 3 is 2.63 bits per heavy atom. The minimum atomic E-state index is -0.869. The Morgan fingerprint density at radius 1 is 1.13 bits per heavy atom. The van der Waals surface area contributed by atoms with Crippen LogP contribution in [-0.2, 0) is 6.54 Å². The van der Waals surface area contributed by atoms with E-state index in [1.54, 1.807) is 36.2 Å². The average Bonchev–Trinajstić information content (AvgIpc) is 3.31. The highest BCUT2D eigenvalue weighted by Gasteiger charge is 2.41. The van der Waals surface area contributed by atoms with Gasteiger partial charge in [0.05, 0.1) is 22.9 Å². The van der Waals surface area contributed by atoms with Crippen molar-refractivity contribution in [2.75, 3.05) is 13.1 Å². The molecule has 4 heterocycles. The molecule has 2 fully saturated rings. The zero-order valence-electron chi connectivity index (χ0n) is 21.6. The van der Waals surface area contributed by atoms with Crippen LogP contribution >= 0.6 is 11.6 Å². The van der Waals surface area contributed by atoms with Crippen molar-refractivity contribution in [3.8, 4) is 17.3 Å². The van der Waals surface area contributed by atoms with E-state index in [1.165, 1.54) is 6.33 Å². The second-order valence-electron chi connectivity index (χ2n) is 10.9. The second-order valence-corrected chi connectivity index (χ2v) is 11.3. The van der Waals surface area contributed by atoms with Gasteiger partial charge in [-0.05, 0) is 75.9 Å². The molecule has 2 aliphatic rings. The SMILES string of the molecule is Cc1ccnc(Cn2c(-c3ccc(C(=O)N4CC[C@@](C)(O)C4)cc3Cl)nc3c(OC4(C)CC4)ncnc32)c1. The third-order valence-corrected chi connectivity index (χ3v) is 7.60. The predicted molar refractivity (Wildman–Crippen MR) is 143 cm³/mol. The first kappa shape index (κ1) is 24.8. The van der Waals surface area contributed by atoms with E-state index in [4.69, 9.17) is 21.3 Å². The maximum absolute atomic E-state index is 13.1. The van der Waals surface area contributed by atoms with Crippen molar-refractivity contribution < 1.29 is 14.6 Å². The highest BCUT2D eigenvalue weighted by Crippen LogP contribution is 2.41. The fraction of sp³-hybridized carbons (Fsp3) is 0.393. The molecule has 3 aromatic heterocycles. The van der Waals surface area contributed by atoms with Crippen LogP contribution in [0.15, 0.2) is 42.9 Å².